The Morgan fingerprint density at radius 2 is 1.93 bits per heavy atom. The first-order chi connectivity index (χ1) is 13.6. The second-order valence-electron chi connectivity index (χ2n) is 9.15. The Morgan fingerprint density at radius 1 is 1.18 bits per heavy atom. The van der Waals surface area contributed by atoms with E-state index < -0.39 is 0 Å². The van der Waals surface area contributed by atoms with E-state index in [0.717, 1.165) is 42.3 Å². The van der Waals surface area contributed by atoms with Crippen LogP contribution >= 0.6 is 0 Å². The molecule has 4 heterocycles. The van der Waals surface area contributed by atoms with Gasteiger partial charge in [0.25, 0.3) is 0 Å². The lowest BCUT2D eigenvalue weighted by molar-refractivity contribution is -0.0605. The molecule has 2 saturated heterocycles. The van der Waals surface area contributed by atoms with Crippen molar-refractivity contribution in [1.29, 1.82) is 0 Å². The highest BCUT2D eigenvalue weighted by atomic mass is 16.5. The summed E-state index contributed by atoms with van der Waals surface area (Å²) in [5.74, 6) is 3.45. The van der Waals surface area contributed by atoms with E-state index in [1.807, 2.05) is 23.1 Å². The molecule has 2 aliphatic heterocycles. The van der Waals surface area contributed by atoms with Crippen molar-refractivity contribution in [2.45, 2.75) is 51.1 Å². The number of ether oxygens (including phenoxy) is 1. The monoisotopic (exact) mass is 381 g/mol. The summed E-state index contributed by atoms with van der Waals surface area (Å²) in [6, 6.07) is 5.35. The molecule has 2 aliphatic carbocycles. The topological polar surface area (TPSA) is 69.2 Å². The minimum Gasteiger partial charge on any atom is -0.383 e. The van der Waals surface area contributed by atoms with E-state index in [2.05, 4.69) is 34.9 Å². The Kier molecular flexibility index (Phi) is 4.63. The van der Waals surface area contributed by atoms with Crippen molar-refractivity contribution < 1.29 is 4.74 Å². The quantitative estimate of drug-likeness (QED) is 0.880. The summed E-state index contributed by atoms with van der Waals surface area (Å²) in [6.45, 7) is 8.98. The highest BCUT2D eigenvalue weighted by molar-refractivity contribution is 5.62. The SMILES string of the molecule is C1C2CN(C3COC3)CC12.CC(C)n1ccc(-c2cnc(N)c(C3CC3)c2)n1. The third-order valence-electron chi connectivity index (χ3n) is 6.54. The number of hydrogen-bond donors (Lipinski definition) is 1. The van der Waals surface area contributed by atoms with Gasteiger partial charge in [-0.3, -0.25) is 9.58 Å². The standard InChI is InChI=1S/C14H18N4.C8H13NO/c1-9(2)18-6-5-13(17-18)11-7-12(10-3-4-10)14(15)16-8-11;1-6-2-9(3-7(1)6)8-4-10-5-8/h5-10H,3-4H2,1-2H3,(H2,15,16);6-8H,1-5H2. The van der Waals surface area contributed by atoms with Crippen LogP contribution in [0.4, 0.5) is 5.82 Å². The Labute approximate surface area is 167 Å². The maximum absolute atomic E-state index is 5.93. The second-order valence-corrected chi connectivity index (χ2v) is 9.15. The number of pyridine rings is 1. The van der Waals surface area contributed by atoms with E-state index in [1.165, 1.54) is 37.9 Å². The number of nitrogens with zero attached hydrogens (tertiary/aromatic N) is 4. The summed E-state index contributed by atoms with van der Waals surface area (Å²) in [6.07, 6.45) is 7.80. The zero-order valence-corrected chi connectivity index (χ0v) is 16.9. The van der Waals surface area contributed by atoms with Crippen LogP contribution in [-0.4, -0.2) is 52.0 Å². The van der Waals surface area contributed by atoms with E-state index in [4.69, 9.17) is 10.5 Å². The molecule has 2 unspecified atom stereocenters. The molecule has 0 aromatic carbocycles. The van der Waals surface area contributed by atoms with Gasteiger partial charge in [0.05, 0.1) is 24.9 Å². The molecule has 6 rings (SSSR count). The third-order valence-corrected chi connectivity index (χ3v) is 6.54. The van der Waals surface area contributed by atoms with Crippen LogP contribution in [0.1, 0.15) is 50.6 Å². The number of likely N-dealkylation sites (tertiary alicyclic amines) is 1. The minimum atomic E-state index is 0.378. The smallest absolute Gasteiger partial charge is 0.126 e. The molecule has 150 valence electrons. The van der Waals surface area contributed by atoms with Crippen LogP contribution in [0.25, 0.3) is 11.3 Å². The Balaban J connectivity index is 0.000000142. The van der Waals surface area contributed by atoms with Gasteiger partial charge in [0, 0.05) is 37.1 Å². The number of rotatable bonds is 4. The normalized spacial score (nSPS) is 26.5. The average molecular weight is 382 g/mol. The molecule has 0 amide bonds. The lowest BCUT2D eigenvalue weighted by Crippen LogP contribution is -2.48. The van der Waals surface area contributed by atoms with E-state index in [0.29, 0.717) is 17.8 Å². The lowest BCUT2D eigenvalue weighted by Gasteiger charge is -2.35. The molecule has 0 radical (unpaired) electrons. The Morgan fingerprint density at radius 3 is 2.50 bits per heavy atom. The Hall–Kier alpha value is -1.92. The van der Waals surface area contributed by atoms with Crippen molar-refractivity contribution in [1.82, 2.24) is 19.7 Å². The Bertz CT molecular complexity index is 829. The van der Waals surface area contributed by atoms with Gasteiger partial charge in [0.15, 0.2) is 0 Å². The van der Waals surface area contributed by atoms with E-state index in [9.17, 15) is 0 Å². The molecular weight excluding hydrogens is 350 g/mol. The number of fused-ring (bicyclic) bond motifs is 1. The van der Waals surface area contributed by atoms with Crippen LogP contribution in [0.5, 0.6) is 0 Å². The van der Waals surface area contributed by atoms with Crippen molar-refractivity contribution in [3.05, 3.63) is 30.1 Å². The summed E-state index contributed by atoms with van der Waals surface area (Å²) in [5, 5.41) is 4.57. The first-order valence-corrected chi connectivity index (χ1v) is 10.7. The fourth-order valence-electron chi connectivity index (χ4n) is 4.30. The lowest BCUT2D eigenvalue weighted by atomic mass is 10.1. The molecule has 6 nitrogen and oxygen atoms in total. The van der Waals surface area contributed by atoms with Gasteiger partial charge in [-0.25, -0.2) is 4.98 Å². The number of anilines is 1. The molecular formula is C22H31N5O. The number of nitrogen functional groups attached to an aromatic ring is 1. The molecule has 4 fully saturated rings. The van der Waals surface area contributed by atoms with Crippen LogP contribution in [0.15, 0.2) is 24.5 Å². The van der Waals surface area contributed by atoms with Crippen LogP contribution in [0.2, 0.25) is 0 Å². The third kappa shape index (κ3) is 3.67. The average Bonchev–Trinajstić information content (AvgIpc) is 3.51. The van der Waals surface area contributed by atoms with Crippen molar-refractivity contribution >= 4 is 5.82 Å². The van der Waals surface area contributed by atoms with Crippen molar-refractivity contribution in [2.24, 2.45) is 11.8 Å². The first-order valence-electron chi connectivity index (χ1n) is 10.7. The molecule has 0 spiro atoms. The fourth-order valence-corrected chi connectivity index (χ4v) is 4.30. The number of piperidine rings is 1. The van der Waals surface area contributed by atoms with Crippen LogP contribution in [-0.2, 0) is 4.74 Å². The van der Waals surface area contributed by atoms with Gasteiger partial charge in [-0.05, 0) is 68.6 Å². The summed E-state index contributed by atoms with van der Waals surface area (Å²) >= 11 is 0. The minimum absolute atomic E-state index is 0.378. The maximum atomic E-state index is 5.93. The second kappa shape index (κ2) is 7.16. The predicted octanol–water partition coefficient (Wildman–Crippen LogP) is 3.32. The van der Waals surface area contributed by atoms with Crippen LogP contribution in [0, 0.1) is 11.8 Å². The van der Waals surface area contributed by atoms with Gasteiger partial charge in [-0.1, -0.05) is 0 Å². The molecule has 6 heteroatoms. The summed E-state index contributed by atoms with van der Waals surface area (Å²) in [5.41, 5.74) is 9.14. The molecule has 4 aliphatic rings. The van der Waals surface area contributed by atoms with Gasteiger partial charge in [0.1, 0.15) is 5.82 Å². The van der Waals surface area contributed by atoms with Gasteiger partial charge < -0.3 is 10.5 Å². The van der Waals surface area contributed by atoms with Crippen LogP contribution < -0.4 is 5.73 Å². The zero-order valence-electron chi connectivity index (χ0n) is 16.9. The molecule has 2 aromatic heterocycles. The van der Waals surface area contributed by atoms with E-state index >= 15 is 0 Å². The van der Waals surface area contributed by atoms with Gasteiger partial charge >= 0.3 is 0 Å². The molecule has 2 saturated carbocycles. The molecule has 2 atom stereocenters. The van der Waals surface area contributed by atoms with Crippen molar-refractivity contribution in [3.63, 3.8) is 0 Å². The number of nitrogens with two attached hydrogens (primary N) is 1. The summed E-state index contributed by atoms with van der Waals surface area (Å²) < 4.78 is 7.12. The molecule has 2 aromatic rings. The van der Waals surface area contributed by atoms with Crippen LogP contribution in [0.3, 0.4) is 0 Å². The van der Waals surface area contributed by atoms with Crippen molar-refractivity contribution in [2.75, 3.05) is 32.0 Å². The number of aromatic nitrogens is 3. The predicted molar refractivity (Wildman–Crippen MR) is 110 cm³/mol. The summed E-state index contributed by atoms with van der Waals surface area (Å²) in [4.78, 5) is 6.91. The van der Waals surface area contributed by atoms with E-state index in [-0.39, 0.29) is 0 Å². The molecule has 0 bridgehead atoms. The number of hydrogen-bond acceptors (Lipinski definition) is 5. The zero-order chi connectivity index (χ0) is 19.3. The van der Waals surface area contributed by atoms with Gasteiger partial charge in [-0.2, -0.15) is 5.10 Å². The highest BCUT2D eigenvalue weighted by Gasteiger charge is 2.47. The first kappa shape index (κ1) is 18.1. The molecule has 28 heavy (non-hydrogen) atoms. The highest BCUT2D eigenvalue weighted by Crippen LogP contribution is 2.46. The van der Waals surface area contributed by atoms with E-state index in [1.54, 1.807) is 0 Å². The maximum Gasteiger partial charge on any atom is 0.126 e. The fraction of sp³-hybridized carbons (Fsp3) is 0.636. The van der Waals surface area contributed by atoms with Crippen molar-refractivity contribution in [3.8, 4) is 11.3 Å². The van der Waals surface area contributed by atoms with Gasteiger partial charge in [-0.15, -0.1) is 0 Å². The molecule has 2 N–H and O–H groups in total. The largest absolute Gasteiger partial charge is 0.383 e. The summed E-state index contributed by atoms with van der Waals surface area (Å²) in [7, 11) is 0. The van der Waals surface area contributed by atoms with Gasteiger partial charge in [0.2, 0.25) is 0 Å².